The Morgan fingerprint density at radius 1 is 1.12 bits per heavy atom. The fourth-order valence-corrected chi connectivity index (χ4v) is 5.50. The van der Waals surface area contributed by atoms with Gasteiger partial charge in [0.05, 0.1) is 6.10 Å². The van der Waals surface area contributed by atoms with E-state index >= 15 is 0 Å². The van der Waals surface area contributed by atoms with E-state index < -0.39 is 0 Å². The third-order valence-corrected chi connectivity index (χ3v) is 7.06. The molecule has 0 aromatic heterocycles. The summed E-state index contributed by atoms with van der Waals surface area (Å²) in [4.78, 5) is 0. The number of hydrogen-bond acceptors (Lipinski definition) is 3. The first kappa shape index (κ1) is 15.7. The van der Waals surface area contributed by atoms with Crippen LogP contribution in [0.15, 0.2) is 0 Å². The molecular weight excluding hydrogens is 248 g/mol. The molecule has 1 rings (SSSR count). The molecule has 1 N–H and O–H groups in total. The molecule has 5 unspecified atom stereocenters. The van der Waals surface area contributed by atoms with Crippen LogP contribution in [0.2, 0.25) is 0 Å². The van der Waals surface area contributed by atoms with Gasteiger partial charge in [0, 0.05) is 21.5 Å². The molecule has 0 amide bonds. The largest absolute Gasteiger partial charge is 0.392 e. The lowest BCUT2D eigenvalue weighted by Gasteiger charge is -2.34. The number of hydrogen-bond donors (Lipinski definition) is 1. The SMILES string of the molecule is CC(C)CC(C)CC(O)C1CSC(C)C(C)S1. The van der Waals surface area contributed by atoms with E-state index in [1.807, 2.05) is 23.5 Å². The molecule has 3 heteroatoms. The summed E-state index contributed by atoms with van der Waals surface area (Å²) in [5, 5.41) is 12.2. The van der Waals surface area contributed by atoms with Crippen molar-refractivity contribution in [3.05, 3.63) is 0 Å². The summed E-state index contributed by atoms with van der Waals surface area (Å²) >= 11 is 4.02. The smallest absolute Gasteiger partial charge is 0.0669 e. The van der Waals surface area contributed by atoms with Crippen molar-refractivity contribution in [2.24, 2.45) is 11.8 Å². The summed E-state index contributed by atoms with van der Waals surface area (Å²) in [6, 6.07) is 0. The zero-order chi connectivity index (χ0) is 13.0. The molecule has 0 aromatic carbocycles. The molecule has 102 valence electrons. The highest BCUT2D eigenvalue weighted by atomic mass is 32.2. The first-order valence-corrected chi connectivity index (χ1v) is 8.84. The Hall–Kier alpha value is 0.660. The van der Waals surface area contributed by atoms with Gasteiger partial charge in [-0.2, -0.15) is 23.5 Å². The predicted molar refractivity (Wildman–Crippen MR) is 82.0 cm³/mol. The van der Waals surface area contributed by atoms with Crippen molar-refractivity contribution < 1.29 is 5.11 Å². The van der Waals surface area contributed by atoms with Crippen molar-refractivity contribution >= 4 is 23.5 Å². The van der Waals surface area contributed by atoms with Gasteiger partial charge in [0.1, 0.15) is 0 Å². The van der Waals surface area contributed by atoms with Crippen molar-refractivity contribution in [1.82, 2.24) is 0 Å². The lowest BCUT2D eigenvalue weighted by atomic mass is 9.93. The normalized spacial score (nSPS) is 33.7. The van der Waals surface area contributed by atoms with Gasteiger partial charge in [0.15, 0.2) is 0 Å². The predicted octanol–water partition coefficient (Wildman–Crippen LogP) is 4.05. The van der Waals surface area contributed by atoms with Gasteiger partial charge in [-0.05, 0) is 24.7 Å². The summed E-state index contributed by atoms with van der Waals surface area (Å²) < 4.78 is 0. The molecule has 1 aliphatic rings. The first-order chi connectivity index (χ1) is 7.90. The maximum Gasteiger partial charge on any atom is 0.0669 e. The van der Waals surface area contributed by atoms with Gasteiger partial charge in [0.2, 0.25) is 0 Å². The molecule has 0 aliphatic carbocycles. The summed E-state index contributed by atoms with van der Waals surface area (Å²) in [6.07, 6.45) is 2.08. The molecule has 0 bridgehead atoms. The van der Waals surface area contributed by atoms with E-state index in [9.17, 15) is 5.11 Å². The van der Waals surface area contributed by atoms with Gasteiger partial charge in [-0.1, -0.05) is 34.6 Å². The van der Waals surface area contributed by atoms with Gasteiger partial charge in [0.25, 0.3) is 0 Å². The van der Waals surface area contributed by atoms with Gasteiger partial charge in [-0.3, -0.25) is 0 Å². The molecule has 1 heterocycles. The van der Waals surface area contributed by atoms with E-state index in [1.165, 1.54) is 6.42 Å². The Kier molecular flexibility index (Phi) is 6.75. The fourth-order valence-electron chi connectivity index (χ4n) is 2.47. The Morgan fingerprint density at radius 2 is 1.76 bits per heavy atom. The van der Waals surface area contributed by atoms with Crippen LogP contribution >= 0.6 is 23.5 Å². The number of thioether (sulfide) groups is 2. The van der Waals surface area contributed by atoms with Crippen molar-refractivity contribution in [1.29, 1.82) is 0 Å². The monoisotopic (exact) mass is 276 g/mol. The second-order valence-electron chi connectivity index (χ2n) is 5.96. The van der Waals surface area contributed by atoms with Crippen LogP contribution in [-0.2, 0) is 0 Å². The van der Waals surface area contributed by atoms with Gasteiger partial charge in [-0.25, -0.2) is 0 Å². The van der Waals surface area contributed by atoms with Crippen LogP contribution in [0.5, 0.6) is 0 Å². The lowest BCUT2D eigenvalue weighted by Crippen LogP contribution is -2.35. The third kappa shape index (κ3) is 5.44. The topological polar surface area (TPSA) is 20.2 Å². The molecule has 0 aromatic rings. The highest BCUT2D eigenvalue weighted by Gasteiger charge is 2.30. The van der Waals surface area contributed by atoms with Crippen LogP contribution in [0.3, 0.4) is 0 Å². The molecule has 1 fully saturated rings. The second-order valence-corrected chi connectivity index (χ2v) is 8.99. The van der Waals surface area contributed by atoms with Crippen LogP contribution in [0.4, 0.5) is 0 Å². The molecule has 17 heavy (non-hydrogen) atoms. The van der Waals surface area contributed by atoms with Crippen LogP contribution in [0.1, 0.15) is 47.5 Å². The Bertz CT molecular complexity index is 220. The minimum Gasteiger partial charge on any atom is -0.392 e. The lowest BCUT2D eigenvalue weighted by molar-refractivity contribution is 0.142. The molecule has 1 nitrogen and oxygen atoms in total. The highest BCUT2D eigenvalue weighted by molar-refractivity contribution is 8.07. The minimum absolute atomic E-state index is 0.115. The Balaban J connectivity index is 2.34. The molecule has 1 aliphatic heterocycles. The summed E-state index contributed by atoms with van der Waals surface area (Å²) in [5.41, 5.74) is 0. The number of rotatable bonds is 5. The van der Waals surface area contributed by atoms with Gasteiger partial charge in [-0.15, -0.1) is 0 Å². The van der Waals surface area contributed by atoms with E-state index in [0.717, 1.165) is 23.3 Å². The maximum absolute atomic E-state index is 10.3. The van der Waals surface area contributed by atoms with E-state index in [0.29, 0.717) is 16.4 Å². The maximum atomic E-state index is 10.3. The molecular formula is C14H28OS2. The standard InChI is InChI=1S/C14H28OS2/c1-9(2)6-10(3)7-13(15)14-8-16-11(4)12(5)17-14/h9-15H,6-8H2,1-5H3. The van der Waals surface area contributed by atoms with E-state index in [1.54, 1.807) is 0 Å². The van der Waals surface area contributed by atoms with Crippen LogP contribution in [0.25, 0.3) is 0 Å². The van der Waals surface area contributed by atoms with E-state index in [2.05, 4.69) is 34.6 Å². The summed E-state index contributed by atoms with van der Waals surface area (Å²) in [5.74, 6) is 2.50. The van der Waals surface area contributed by atoms with Crippen molar-refractivity contribution in [2.75, 3.05) is 5.75 Å². The van der Waals surface area contributed by atoms with E-state index in [4.69, 9.17) is 0 Å². The van der Waals surface area contributed by atoms with Gasteiger partial charge >= 0.3 is 0 Å². The summed E-state index contributed by atoms with van der Waals surface area (Å²) in [7, 11) is 0. The third-order valence-electron chi connectivity index (χ3n) is 3.52. The zero-order valence-electron chi connectivity index (χ0n) is 11.8. The van der Waals surface area contributed by atoms with Crippen LogP contribution < -0.4 is 0 Å². The average Bonchev–Trinajstić information content (AvgIpc) is 2.20. The van der Waals surface area contributed by atoms with E-state index in [-0.39, 0.29) is 6.10 Å². The van der Waals surface area contributed by atoms with Crippen LogP contribution in [-0.4, -0.2) is 32.7 Å². The number of aliphatic hydroxyl groups excluding tert-OH is 1. The highest BCUT2D eigenvalue weighted by Crippen LogP contribution is 2.38. The minimum atomic E-state index is -0.115. The number of aliphatic hydroxyl groups is 1. The van der Waals surface area contributed by atoms with Gasteiger partial charge < -0.3 is 5.11 Å². The quantitative estimate of drug-likeness (QED) is 0.818. The van der Waals surface area contributed by atoms with Crippen molar-refractivity contribution in [2.45, 2.75) is 69.3 Å². The molecule has 0 spiro atoms. The molecule has 0 radical (unpaired) electrons. The van der Waals surface area contributed by atoms with Crippen LogP contribution in [0, 0.1) is 11.8 Å². The average molecular weight is 277 g/mol. The second kappa shape index (κ2) is 7.30. The summed E-state index contributed by atoms with van der Waals surface area (Å²) in [6.45, 7) is 11.4. The van der Waals surface area contributed by atoms with Crippen molar-refractivity contribution in [3.8, 4) is 0 Å². The first-order valence-electron chi connectivity index (χ1n) is 6.85. The molecule has 1 saturated heterocycles. The van der Waals surface area contributed by atoms with Crippen molar-refractivity contribution in [3.63, 3.8) is 0 Å². The zero-order valence-corrected chi connectivity index (χ0v) is 13.5. The Labute approximate surface area is 116 Å². The molecule has 5 atom stereocenters. The molecule has 0 saturated carbocycles. The Morgan fingerprint density at radius 3 is 2.29 bits per heavy atom. The fraction of sp³-hybridized carbons (Fsp3) is 1.00.